The molecule has 0 radical (unpaired) electrons. The molecule has 0 aromatic carbocycles. The van der Waals surface area contributed by atoms with Crippen molar-refractivity contribution >= 4 is 5.97 Å². The number of hydrogen-bond donors (Lipinski definition) is 1. The van der Waals surface area contributed by atoms with Gasteiger partial charge in [-0.3, -0.25) is 4.79 Å². The quantitative estimate of drug-likeness (QED) is 0.699. The minimum Gasteiger partial charge on any atom is -0.481 e. The van der Waals surface area contributed by atoms with Crippen LogP contribution in [0.4, 0.5) is 0 Å². The predicted molar refractivity (Wildman–Crippen MR) is 49.5 cm³/mol. The fourth-order valence-corrected chi connectivity index (χ4v) is 2.89. The molecule has 3 heteroatoms. The monoisotopic (exact) mass is 183 g/mol. The summed E-state index contributed by atoms with van der Waals surface area (Å²) in [6.45, 7) is 4.16. The molecule has 0 spiro atoms. The van der Waals surface area contributed by atoms with Gasteiger partial charge >= 0.3 is 5.97 Å². The molecule has 0 bridgehead atoms. The first-order chi connectivity index (χ1) is 6.20. The highest BCUT2D eigenvalue weighted by Crippen LogP contribution is 2.36. The Morgan fingerprint density at radius 1 is 1.46 bits per heavy atom. The molecule has 2 heterocycles. The van der Waals surface area contributed by atoms with E-state index in [9.17, 15) is 4.79 Å². The molecule has 1 N–H and O–H groups in total. The first-order valence-electron chi connectivity index (χ1n) is 5.17. The van der Waals surface area contributed by atoms with E-state index in [0.717, 1.165) is 13.0 Å². The number of carboxylic acid groups (broad SMARTS) is 1. The third-order valence-electron chi connectivity index (χ3n) is 3.69. The molecule has 0 aliphatic carbocycles. The van der Waals surface area contributed by atoms with Crippen LogP contribution in [-0.2, 0) is 4.79 Å². The van der Waals surface area contributed by atoms with Crippen LogP contribution in [0.3, 0.4) is 0 Å². The highest BCUT2D eigenvalue weighted by atomic mass is 16.4. The standard InChI is InChI=1S/C10H17NO2/c1-7(10(12)13)8-4-6-11-5-2-3-9(8)11/h7-9H,2-6H2,1H3,(H,12,13). The zero-order valence-corrected chi connectivity index (χ0v) is 8.07. The van der Waals surface area contributed by atoms with Gasteiger partial charge in [0.1, 0.15) is 0 Å². The molecule has 3 nitrogen and oxygen atoms in total. The SMILES string of the molecule is CC(C(=O)O)C1CCN2CCCC12. The summed E-state index contributed by atoms with van der Waals surface area (Å²) in [4.78, 5) is 13.3. The molecule has 0 aromatic heterocycles. The minimum absolute atomic E-state index is 0.159. The van der Waals surface area contributed by atoms with Crippen molar-refractivity contribution in [2.75, 3.05) is 13.1 Å². The number of carbonyl (C=O) groups is 1. The molecule has 0 aromatic rings. The van der Waals surface area contributed by atoms with Gasteiger partial charge in [-0.1, -0.05) is 6.92 Å². The highest BCUT2D eigenvalue weighted by molar-refractivity contribution is 5.70. The van der Waals surface area contributed by atoms with Crippen molar-refractivity contribution in [2.45, 2.75) is 32.2 Å². The number of fused-ring (bicyclic) bond motifs is 1. The largest absolute Gasteiger partial charge is 0.481 e. The molecule has 3 unspecified atom stereocenters. The van der Waals surface area contributed by atoms with Crippen molar-refractivity contribution in [3.63, 3.8) is 0 Å². The fraction of sp³-hybridized carbons (Fsp3) is 0.900. The zero-order chi connectivity index (χ0) is 9.42. The summed E-state index contributed by atoms with van der Waals surface area (Å²) >= 11 is 0. The molecule has 3 atom stereocenters. The molecule has 13 heavy (non-hydrogen) atoms. The number of aliphatic carboxylic acids is 1. The maximum Gasteiger partial charge on any atom is 0.306 e. The van der Waals surface area contributed by atoms with Crippen molar-refractivity contribution < 1.29 is 9.90 Å². The van der Waals surface area contributed by atoms with E-state index in [1.807, 2.05) is 6.92 Å². The van der Waals surface area contributed by atoms with Gasteiger partial charge < -0.3 is 10.0 Å². The first kappa shape index (κ1) is 9.00. The molecule has 2 saturated heterocycles. The molecular formula is C10H17NO2. The van der Waals surface area contributed by atoms with E-state index in [1.165, 1.54) is 19.4 Å². The number of nitrogens with zero attached hydrogens (tertiary/aromatic N) is 1. The van der Waals surface area contributed by atoms with Crippen LogP contribution in [0.5, 0.6) is 0 Å². The van der Waals surface area contributed by atoms with Crippen LogP contribution in [0.1, 0.15) is 26.2 Å². The number of rotatable bonds is 2. The van der Waals surface area contributed by atoms with Gasteiger partial charge in [-0.05, 0) is 38.3 Å². The summed E-state index contributed by atoms with van der Waals surface area (Å²) in [7, 11) is 0. The van der Waals surface area contributed by atoms with E-state index < -0.39 is 5.97 Å². The Morgan fingerprint density at radius 2 is 2.23 bits per heavy atom. The molecular weight excluding hydrogens is 166 g/mol. The first-order valence-corrected chi connectivity index (χ1v) is 5.17. The summed E-state index contributed by atoms with van der Waals surface area (Å²) in [6.07, 6.45) is 3.55. The van der Waals surface area contributed by atoms with Crippen LogP contribution in [0.2, 0.25) is 0 Å². The van der Waals surface area contributed by atoms with E-state index in [4.69, 9.17) is 5.11 Å². The van der Waals surface area contributed by atoms with Gasteiger partial charge in [0.15, 0.2) is 0 Å². The molecule has 0 saturated carbocycles. The number of hydrogen-bond acceptors (Lipinski definition) is 2. The highest BCUT2D eigenvalue weighted by Gasteiger charge is 2.41. The van der Waals surface area contributed by atoms with E-state index >= 15 is 0 Å². The second-order valence-corrected chi connectivity index (χ2v) is 4.32. The Kier molecular flexibility index (Phi) is 2.28. The van der Waals surface area contributed by atoms with Gasteiger partial charge in [0, 0.05) is 6.04 Å². The lowest BCUT2D eigenvalue weighted by molar-refractivity contribution is -0.143. The third kappa shape index (κ3) is 1.46. The lowest BCUT2D eigenvalue weighted by Crippen LogP contribution is -2.31. The average Bonchev–Trinajstić information content (AvgIpc) is 2.61. The van der Waals surface area contributed by atoms with Crippen molar-refractivity contribution in [3.8, 4) is 0 Å². The van der Waals surface area contributed by atoms with Crippen LogP contribution in [0.15, 0.2) is 0 Å². The molecule has 74 valence electrons. The van der Waals surface area contributed by atoms with Gasteiger partial charge in [0.05, 0.1) is 5.92 Å². The van der Waals surface area contributed by atoms with Crippen molar-refractivity contribution in [1.29, 1.82) is 0 Å². The maximum absolute atomic E-state index is 10.9. The Bertz CT molecular complexity index is 217. The van der Waals surface area contributed by atoms with Gasteiger partial charge in [-0.2, -0.15) is 0 Å². The molecule has 2 fully saturated rings. The topological polar surface area (TPSA) is 40.5 Å². The summed E-state index contributed by atoms with van der Waals surface area (Å²) in [6, 6.07) is 0.575. The second kappa shape index (κ2) is 3.29. The van der Waals surface area contributed by atoms with Crippen LogP contribution in [0.25, 0.3) is 0 Å². The van der Waals surface area contributed by atoms with Crippen molar-refractivity contribution in [1.82, 2.24) is 4.90 Å². The van der Waals surface area contributed by atoms with E-state index in [-0.39, 0.29) is 5.92 Å². The van der Waals surface area contributed by atoms with Gasteiger partial charge in [0.2, 0.25) is 0 Å². The van der Waals surface area contributed by atoms with Crippen molar-refractivity contribution in [3.05, 3.63) is 0 Å². The number of carboxylic acids is 1. The van der Waals surface area contributed by atoms with Gasteiger partial charge in [-0.15, -0.1) is 0 Å². The normalized spacial score (nSPS) is 36.1. The summed E-state index contributed by atoms with van der Waals surface area (Å²) < 4.78 is 0. The Morgan fingerprint density at radius 3 is 2.92 bits per heavy atom. The maximum atomic E-state index is 10.9. The lowest BCUT2D eigenvalue weighted by Gasteiger charge is -2.22. The van der Waals surface area contributed by atoms with Crippen LogP contribution < -0.4 is 0 Å². The Balaban J connectivity index is 2.04. The van der Waals surface area contributed by atoms with Gasteiger partial charge in [0.25, 0.3) is 0 Å². The van der Waals surface area contributed by atoms with Crippen LogP contribution >= 0.6 is 0 Å². The molecule has 2 rings (SSSR count). The van der Waals surface area contributed by atoms with E-state index in [2.05, 4.69) is 4.90 Å². The lowest BCUT2D eigenvalue weighted by atomic mass is 9.86. The van der Waals surface area contributed by atoms with E-state index in [0.29, 0.717) is 12.0 Å². The summed E-state index contributed by atoms with van der Waals surface area (Å²) in [5.74, 6) is -0.383. The second-order valence-electron chi connectivity index (χ2n) is 4.32. The van der Waals surface area contributed by atoms with Gasteiger partial charge in [-0.25, -0.2) is 0 Å². The Labute approximate surface area is 78.7 Å². The summed E-state index contributed by atoms with van der Waals surface area (Å²) in [5.41, 5.74) is 0. The molecule has 0 amide bonds. The fourth-order valence-electron chi connectivity index (χ4n) is 2.89. The minimum atomic E-state index is -0.626. The zero-order valence-electron chi connectivity index (χ0n) is 8.07. The average molecular weight is 183 g/mol. The third-order valence-corrected chi connectivity index (χ3v) is 3.69. The smallest absolute Gasteiger partial charge is 0.306 e. The molecule has 2 aliphatic heterocycles. The predicted octanol–water partition coefficient (Wildman–Crippen LogP) is 1.19. The molecule has 2 aliphatic rings. The van der Waals surface area contributed by atoms with Crippen LogP contribution in [0, 0.1) is 11.8 Å². The summed E-state index contributed by atoms with van der Waals surface area (Å²) in [5, 5.41) is 8.94. The van der Waals surface area contributed by atoms with Crippen LogP contribution in [-0.4, -0.2) is 35.1 Å². The van der Waals surface area contributed by atoms with Crippen molar-refractivity contribution in [2.24, 2.45) is 11.8 Å². The Hall–Kier alpha value is -0.570. The van der Waals surface area contributed by atoms with E-state index in [1.54, 1.807) is 0 Å².